The summed E-state index contributed by atoms with van der Waals surface area (Å²) in [6.07, 6.45) is 3.73. The Balaban J connectivity index is 1.28. The Morgan fingerprint density at radius 2 is 1.93 bits per heavy atom. The molecule has 30 heavy (non-hydrogen) atoms. The summed E-state index contributed by atoms with van der Waals surface area (Å²) < 4.78 is 7.49. The molecule has 0 N–H and O–H groups in total. The molecule has 5 heteroatoms. The van der Waals surface area contributed by atoms with Crippen molar-refractivity contribution in [1.29, 1.82) is 0 Å². The Hall–Kier alpha value is -2.37. The molecule has 1 atom stereocenters. The number of aromatic nitrogens is 2. The molecule has 2 heterocycles. The summed E-state index contributed by atoms with van der Waals surface area (Å²) in [6, 6.07) is 16.9. The van der Waals surface area contributed by atoms with E-state index in [-0.39, 0.29) is 0 Å². The van der Waals surface area contributed by atoms with Gasteiger partial charge in [0.25, 0.3) is 0 Å². The average Bonchev–Trinajstić information content (AvgIpc) is 3.08. The molecule has 1 aliphatic heterocycles. The van der Waals surface area contributed by atoms with Crippen molar-refractivity contribution in [2.45, 2.75) is 25.8 Å². The maximum Gasteiger partial charge on any atom is 0.123 e. The highest BCUT2D eigenvalue weighted by Crippen LogP contribution is 2.20. The van der Waals surface area contributed by atoms with Gasteiger partial charge in [-0.2, -0.15) is 0 Å². The first kappa shape index (κ1) is 20.9. The second kappa shape index (κ2) is 9.63. The zero-order valence-corrected chi connectivity index (χ0v) is 18.6. The van der Waals surface area contributed by atoms with E-state index in [1.165, 1.54) is 37.0 Å². The minimum Gasteiger partial charge on any atom is -0.497 e. The molecule has 0 spiro atoms. The number of ether oxygens (including phenoxy) is 1. The number of piperidine rings is 1. The zero-order chi connectivity index (χ0) is 20.9. The van der Waals surface area contributed by atoms with Crippen LogP contribution in [0.4, 0.5) is 0 Å². The second-order valence-corrected chi connectivity index (χ2v) is 8.68. The molecule has 5 nitrogen and oxygen atoms in total. The predicted molar refractivity (Wildman–Crippen MR) is 123 cm³/mol. The minimum absolute atomic E-state index is 0.731. The van der Waals surface area contributed by atoms with Gasteiger partial charge < -0.3 is 14.2 Å². The Bertz CT molecular complexity index is 949. The normalized spacial score (nSPS) is 17.7. The van der Waals surface area contributed by atoms with E-state index in [1.54, 1.807) is 7.11 Å². The van der Waals surface area contributed by atoms with Crippen molar-refractivity contribution in [2.24, 2.45) is 13.0 Å². The van der Waals surface area contributed by atoms with Gasteiger partial charge in [0.05, 0.1) is 24.7 Å². The number of para-hydroxylation sites is 2. The largest absolute Gasteiger partial charge is 0.497 e. The first-order chi connectivity index (χ1) is 14.6. The van der Waals surface area contributed by atoms with Crippen LogP contribution in [0.25, 0.3) is 11.0 Å². The summed E-state index contributed by atoms with van der Waals surface area (Å²) in [5.41, 5.74) is 3.69. The quantitative estimate of drug-likeness (QED) is 0.567. The van der Waals surface area contributed by atoms with E-state index in [0.29, 0.717) is 0 Å². The second-order valence-electron chi connectivity index (χ2n) is 8.68. The third-order valence-corrected chi connectivity index (χ3v) is 6.34. The van der Waals surface area contributed by atoms with Crippen LogP contribution in [0, 0.1) is 5.92 Å². The first-order valence-corrected chi connectivity index (χ1v) is 11.1. The van der Waals surface area contributed by atoms with Gasteiger partial charge in [-0.25, -0.2) is 4.98 Å². The van der Waals surface area contributed by atoms with Gasteiger partial charge in [0.1, 0.15) is 11.6 Å². The molecule has 0 unspecified atom stereocenters. The Morgan fingerprint density at radius 1 is 1.13 bits per heavy atom. The van der Waals surface area contributed by atoms with Crippen LogP contribution in [0.3, 0.4) is 0 Å². The third kappa shape index (κ3) is 5.02. The Kier molecular flexibility index (Phi) is 6.70. The molecular weight excluding hydrogens is 372 g/mol. The number of imidazole rings is 1. The fourth-order valence-electron chi connectivity index (χ4n) is 4.67. The molecule has 4 rings (SSSR count). The number of hydrogen-bond donors (Lipinski definition) is 0. The van der Waals surface area contributed by atoms with E-state index < -0.39 is 0 Å². The number of hydrogen-bond acceptors (Lipinski definition) is 4. The lowest BCUT2D eigenvalue weighted by atomic mass is 9.97. The van der Waals surface area contributed by atoms with E-state index in [0.717, 1.165) is 49.1 Å². The molecule has 1 fully saturated rings. The predicted octanol–water partition coefficient (Wildman–Crippen LogP) is 3.97. The van der Waals surface area contributed by atoms with Gasteiger partial charge in [-0.3, -0.25) is 4.90 Å². The van der Waals surface area contributed by atoms with Crippen molar-refractivity contribution in [3.8, 4) is 5.75 Å². The molecule has 0 aliphatic carbocycles. The molecule has 3 aromatic rings. The number of aryl methyl sites for hydroxylation is 1. The highest BCUT2D eigenvalue weighted by Gasteiger charge is 2.21. The van der Waals surface area contributed by atoms with Crippen LogP contribution in [-0.4, -0.2) is 59.7 Å². The van der Waals surface area contributed by atoms with Crippen molar-refractivity contribution in [2.75, 3.05) is 40.3 Å². The van der Waals surface area contributed by atoms with E-state index in [2.05, 4.69) is 77.0 Å². The van der Waals surface area contributed by atoms with Crippen molar-refractivity contribution >= 4 is 11.0 Å². The Morgan fingerprint density at radius 3 is 2.70 bits per heavy atom. The first-order valence-electron chi connectivity index (χ1n) is 11.1. The molecule has 0 saturated carbocycles. The number of nitrogens with zero attached hydrogens (tertiary/aromatic N) is 4. The number of methoxy groups -OCH3 is 1. The van der Waals surface area contributed by atoms with Crippen LogP contribution in [-0.2, 0) is 20.0 Å². The van der Waals surface area contributed by atoms with Crippen LogP contribution in [0.2, 0.25) is 0 Å². The van der Waals surface area contributed by atoms with Crippen molar-refractivity contribution in [3.63, 3.8) is 0 Å². The summed E-state index contributed by atoms with van der Waals surface area (Å²) in [5.74, 6) is 2.81. The number of likely N-dealkylation sites (tertiary alicyclic amines) is 1. The fourth-order valence-corrected chi connectivity index (χ4v) is 4.67. The maximum absolute atomic E-state index is 5.26. The minimum atomic E-state index is 0.731. The summed E-state index contributed by atoms with van der Waals surface area (Å²) in [5, 5.41) is 0. The average molecular weight is 407 g/mol. The van der Waals surface area contributed by atoms with E-state index in [9.17, 15) is 0 Å². The lowest BCUT2D eigenvalue weighted by molar-refractivity contribution is 0.141. The zero-order valence-electron chi connectivity index (χ0n) is 18.6. The molecular formula is C25H34N4O. The van der Waals surface area contributed by atoms with Crippen molar-refractivity contribution < 1.29 is 4.74 Å². The highest BCUT2D eigenvalue weighted by atomic mass is 16.5. The smallest absolute Gasteiger partial charge is 0.123 e. The molecule has 1 saturated heterocycles. The van der Waals surface area contributed by atoms with E-state index in [4.69, 9.17) is 9.72 Å². The highest BCUT2D eigenvalue weighted by molar-refractivity contribution is 5.75. The molecule has 1 aromatic heterocycles. The lowest BCUT2D eigenvalue weighted by Gasteiger charge is -2.34. The van der Waals surface area contributed by atoms with Gasteiger partial charge in [0.2, 0.25) is 0 Å². The third-order valence-electron chi connectivity index (χ3n) is 6.34. The number of benzene rings is 2. The van der Waals surface area contributed by atoms with Gasteiger partial charge >= 0.3 is 0 Å². The van der Waals surface area contributed by atoms with Gasteiger partial charge in [-0.15, -0.1) is 0 Å². The molecule has 2 aromatic carbocycles. The SMILES string of the molecule is COc1ccc(CCN2CCC[C@@H](CN(C)Cc3nc4ccccc4n3C)C2)cc1. The van der Waals surface area contributed by atoms with Gasteiger partial charge in [0, 0.05) is 26.7 Å². The molecule has 1 aliphatic rings. The summed E-state index contributed by atoms with van der Waals surface area (Å²) >= 11 is 0. The topological polar surface area (TPSA) is 33.5 Å². The van der Waals surface area contributed by atoms with Crippen LogP contribution in [0.15, 0.2) is 48.5 Å². The molecule has 160 valence electrons. The van der Waals surface area contributed by atoms with Gasteiger partial charge in [-0.1, -0.05) is 24.3 Å². The van der Waals surface area contributed by atoms with Crippen LogP contribution in [0.1, 0.15) is 24.2 Å². The number of rotatable bonds is 8. The molecule has 0 radical (unpaired) electrons. The van der Waals surface area contributed by atoms with Crippen molar-refractivity contribution in [1.82, 2.24) is 19.4 Å². The van der Waals surface area contributed by atoms with Crippen LogP contribution in [0.5, 0.6) is 5.75 Å². The standard InChI is InChI=1S/C25H34N4O/c1-27(19-25-26-23-8-4-5-9-24(23)28(25)2)17-21-7-6-15-29(18-21)16-14-20-10-12-22(30-3)13-11-20/h4-5,8-13,21H,6-7,14-19H2,1-3H3/t21-/m0/s1. The van der Waals surface area contributed by atoms with Gasteiger partial charge in [-0.05, 0) is 68.6 Å². The van der Waals surface area contributed by atoms with E-state index >= 15 is 0 Å². The molecule has 0 bridgehead atoms. The summed E-state index contributed by atoms with van der Waals surface area (Å²) in [6.45, 7) is 5.58. The van der Waals surface area contributed by atoms with E-state index in [1.807, 2.05) is 0 Å². The maximum atomic E-state index is 5.26. The lowest BCUT2D eigenvalue weighted by Crippen LogP contribution is -2.41. The van der Waals surface area contributed by atoms with Crippen LogP contribution >= 0.6 is 0 Å². The fraction of sp³-hybridized carbons (Fsp3) is 0.480. The molecule has 0 amide bonds. The van der Waals surface area contributed by atoms with Gasteiger partial charge in [0.15, 0.2) is 0 Å². The Labute approximate surface area is 180 Å². The number of fused-ring (bicyclic) bond motifs is 1. The monoisotopic (exact) mass is 406 g/mol. The summed E-state index contributed by atoms with van der Waals surface area (Å²) in [4.78, 5) is 9.92. The van der Waals surface area contributed by atoms with Crippen LogP contribution < -0.4 is 4.74 Å². The summed E-state index contributed by atoms with van der Waals surface area (Å²) in [7, 11) is 6.08. The van der Waals surface area contributed by atoms with Crippen molar-refractivity contribution in [3.05, 3.63) is 59.9 Å².